The van der Waals surface area contributed by atoms with Crippen molar-refractivity contribution >= 4 is 31.0 Å². The fourth-order valence-electron chi connectivity index (χ4n) is 4.06. The number of nitriles is 2. The molecule has 33 heavy (non-hydrogen) atoms. The van der Waals surface area contributed by atoms with E-state index in [-0.39, 0.29) is 0 Å². The average Bonchev–Trinajstić information content (AvgIpc) is 2.85. The lowest BCUT2D eigenvalue weighted by Crippen LogP contribution is -2.29. The van der Waals surface area contributed by atoms with Crippen molar-refractivity contribution < 1.29 is 0 Å². The first-order valence-corrected chi connectivity index (χ1v) is 13.3. The van der Waals surface area contributed by atoms with Gasteiger partial charge in [-0.15, -0.1) is 0 Å². The molecular formula is C29H24N3Si. The van der Waals surface area contributed by atoms with Crippen LogP contribution in [0.3, 0.4) is 0 Å². The minimum Gasteiger partial charge on any atom is -0.310 e. The predicted octanol–water partition coefficient (Wildman–Crippen LogP) is 6.84. The highest BCUT2D eigenvalue weighted by Gasteiger charge is 2.19. The van der Waals surface area contributed by atoms with Gasteiger partial charge in [-0.3, -0.25) is 0 Å². The molecule has 0 bridgehead atoms. The Hall–Kier alpha value is -4.12. The van der Waals surface area contributed by atoms with Crippen molar-refractivity contribution in [2.45, 2.75) is 20.0 Å². The molecule has 0 aromatic heterocycles. The van der Waals surface area contributed by atoms with Gasteiger partial charge in [0.2, 0.25) is 0 Å². The molecule has 0 aliphatic heterocycles. The van der Waals surface area contributed by atoms with E-state index in [1.165, 1.54) is 16.4 Å². The van der Waals surface area contributed by atoms with Crippen molar-refractivity contribution in [1.29, 1.82) is 10.5 Å². The Kier molecular flexibility index (Phi) is 6.40. The van der Waals surface area contributed by atoms with Crippen LogP contribution in [0.5, 0.6) is 0 Å². The van der Waals surface area contributed by atoms with E-state index < -0.39 is 8.80 Å². The molecule has 0 aliphatic rings. The zero-order valence-corrected chi connectivity index (χ0v) is 20.0. The van der Waals surface area contributed by atoms with Crippen molar-refractivity contribution in [3.63, 3.8) is 0 Å². The molecule has 1 radical (unpaired) electrons. The summed E-state index contributed by atoms with van der Waals surface area (Å²) >= 11 is 0. The smallest absolute Gasteiger partial charge is 0.0998 e. The number of rotatable bonds is 5. The van der Waals surface area contributed by atoms with E-state index in [4.69, 9.17) is 5.26 Å². The van der Waals surface area contributed by atoms with Crippen molar-refractivity contribution in [3.8, 4) is 23.3 Å². The van der Waals surface area contributed by atoms with Gasteiger partial charge in [-0.25, -0.2) is 0 Å². The van der Waals surface area contributed by atoms with Gasteiger partial charge in [0, 0.05) is 17.1 Å². The predicted molar refractivity (Wildman–Crippen MR) is 138 cm³/mol. The Labute approximate surface area is 197 Å². The Morgan fingerprint density at radius 3 is 2.03 bits per heavy atom. The first kappa shape index (κ1) is 22.1. The van der Waals surface area contributed by atoms with Gasteiger partial charge < -0.3 is 4.90 Å². The highest BCUT2D eigenvalue weighted by molar-refractivity contribution is 6.72. The van der Waals surface area contributed by atoms with Gasteiger partial charge in [0.05, 0.1) is 32.1 Å². The highest BCUT2D eigenvalue weighted by Crippen LogP contribution is 2.37. The molecule has 159 valence electrons. The third-order valence-electron chi connectivity index (χ3n) is 5.75. The minimum atomic E-state index is -0.683. The van der Waals surface area contributed by atoms with Gasteiger partial charge in [-0.1, -0.05) is 67.7 Å². The van der Waals surface area contributed by atoms with Crippen LogP contribution in [0.4, 0.5) is 17.1 Å². The fraction of sp³-hybridized carbons (Fsp3) is 0.103. The Balaban J connectivity index is 1.85. The molecule has 0 N–H and O–H groups in total. The minimum absolute atomic E-state index is 0.492. The summed E-state index contributed by atoms with van der Waals surface area (Å²) in [6, 6.07) is 35.0. The van der Waals surface area contributed by atoms with Gasteiger partial charge in [-0.2, -0.15) is 10.5 Å². The van der Waals surface area contributed by atoms with Gasteiger partial charge >= 0.3 is 0 Å². The maximum atomic E-state index is 9.59. The summed E-state index contributed by atoms with van der Waals surface area (Å²) in [6.45, 7) is 6.77. The quantitative estimate of drug-likeness (QED) is 0.318. The van der Waals surface area contributed by atoms with Crippen LogP contribution >= 0.6 is 0 Å². The molecule has 0 unspecified atom stereocenters. The molecule has 0 aliphatic carbocycles. The molecule has 4 aromatic rings. The molecular weight excluding hydrogens is 418 g/mol. The maximum absolute atomic E-state index is 9.59. The number of hydrogen-bond donors (Lipinski definition) is 0. The molecule has 0 atom stereocenters. The van der Waals surface area contributed by atoms with E-state index in [2.05, 4.69) is 110 Å². The zero-order valence-electron chi connectivity index (χ0n) is 19.0. The Morgan fingerprint density at radius 2 is 1.39 bits per heavy atom. The molecule has 0 amide bonds. The summed E-state index contributed by atoms with van der Waals surface area (Å²) in [5, 5.41) is 20.1. The van der Waals surface area contributed by atoms with Crippen molar-refractivity contribution in [1.82, 2.24) is 0 Å². The van der Waals surface area contributed by atoms with E-state index in [0.717, 1.165) is 22.5 Å². The summed E-state index contributed by atoms with van der Waals surface area (Å²) < 4.78 is 0. The third kappa shape index (κ3) is 4.43. The van der Waals surface area contributed by atoms with Crippen LogP contribution in [0.25, 0.3) is 11.1 Å². The SMILES string of the molecule is Cc1ccccc1N(c1ccc(-c2ccc(C#N)cc2C#N)cc1)c1ccccc1[Si](C)C. The van der Waals surface area contributed by atoms with Crippen molar-refractivity contribution in [3.05, 3.63) is 108 Å². The lowest BCUT2D eigenvalue weighted by molar-refractivity contribution is 1.26. The molecule has 0 fully saturated rings. The van der Waals surface area contributed by atoms with Crippen molar-refractivity contribution in [2.24, 2.45) is 0 Å². The Morgan fingerprint density at radius 1 is 0.727 bits per heavy atom. The highest BCUT2D eigenvalue weighted by atomic mass is 28.3. The molecule has 0 heterocycles. The number of benzene rings is 4. The monoisotopic (exact) mass is 442 g/mol. The van der Waals surface area contributed by atoms with Gasteiger partial charge in [0.1, 0.15) is 0 Å². The summed E-state index contributed by atoms with van der Waals surface area (Å²) in [7, 11) is -0.683. The second-order valence-corrected chi connectivity index (χ2v) is 10.7. The van der Waals surface area contributed by atoms with Crippen LogP contribution in [0, 0.1) is 29.6 Å². The lowest BCUT2D eigenvalue weighted by atomic mass is 9.98. The molecule has 4 rings (SSSR count). The summed E-state index contributed by atoms with van der Waals surface area (Å²) in [5.41, 5.74) is 7.41. The standard InChI is InChI=1S/C29H24N3Si/c1-21-8-4-5-9-27(21)32(28-10-6-7-11-29(28)33(2)3)25-15-13-23(14-16-25)26-17-12-22(19-30)18-24(26)20-31/h4-18H,1-3H3. The summed E-state index contributed by atoms with van der Waals surface area (Å²) in [4.78, 5) is 2.33. The molecule has 4 aromatic carbocycles. The molecule has 0 spiro atoms. The van der Waals surface area contributed by atoms with E-state index in [1.807, 2.05) is 6.07 Å². The van der Waals surface area contributed by atoms with Gasteiger partial charge in [0.25, 0.3) is 0 Å². The van der Waals surface area contributed by atoms with Gasteiger partial charge in [0.15, 0.2) is 0 Å². The summed E-state index contributed by atoms with van der Waals surface area (Å²) in [6.07, 6.45) is 0. The van der Waals surface area contributed by atoms with Crippen LogP contribution in [0.2, 0.25) is 13.1 Å². The normalized spacial score (nSPS) is 10.5. The van der Waals surface area contributed by atoms with E-state index >= 15 is 0 Å². The Bertz CT molecular complexity index is 1380. The van der Waals surface area contributed by atoms with Crippen LogP contribution in [0.1, 0.15) is 16.7 Å². The largest absolute Gasteiger partial charge is 0.310 e. The van der Waals surface area contributed by atoms with E-state index in [9.17, 15) is 5.26 Å². The van der Waals surface area contributed by atoms with Crippen LogP contribution in [0.15, 0.2) is 91.0 Å². The number of anilines is 3. The number of aryl methyl sites for hydroxylation is 1. The summed E-state index contributed by atoms with van der Waals surface area (Å²) in [5.74, 6) is 0. The number of para-hydroxylation sites is 2. The fourth-order valence-corrected chi connectivity index (χ4v) is 5.20. The second kappa shape index (κ2) is 9.57. The lowest BCUT2D eigenvalue weighted by Gasteiger charge is -2.30. The molecule has 4 heteroatoms. The number of hydrogen-bond acceptors (Lipinski definition) is 3. The molecule has 0 saturated carbocycles. The van der Waals surface area contributed by atoms with Crippen LogP contribution < -0.4 is 10.1 Å². The topological polar surface area (TPSA) is 50.8 Å². The van der Waals surface area contributed by atoms with Crippen LogP contribution in [-0.4, -0.2) is 8.80 Å². The van der Waals surface area contributed by atoms with Crippen molar-refractivity contribution in [2.75, 3.05) is 4.90 Å². The molecule has 0 saturated heterocycles. The van der Waals surface area contributed by atoms with Crippen LogP contribution in [-0.2, 0) is 0 Å². The third-order valence-corrected chi connectivity index (χ3v) is 7.25. The van der Waals surface area contributed by atoms with Gasteiger partial charge in [-0.05, 0) is 65.2 Å². The molecule has 3 nitrogen and oxygen atoms in total. The first-order valence-electron chi connectivity index (χ1n) is 10.8. The first-order chi connectivity index (χ1) is 16.0. The second-order valence-electron chi connectivity index (χ2n) is 8.17. The average molecular weight is 443 g/mol. The maximum Gasteiger partial charge on any atom is 0.0998 e. The van der Waals surface area contributed by atoms with E-state index in [1.54, 1.807) is 12.1 Å². The van der Waals surface area contributed by atoms with E-state index in [0.29, 0.717) is 11.1 Å². The zero-order chi connectivity index (χ0) is 23.4. The number of nitrogens with zero attached hydrogens (tertiary/aromatic N) is 3.